The molecule has 0 saturated heterocycles. The molecule has 0 N–H and O–H groups in total. The van der Waals surface area contributed by atoms with Gasteiger partial charge in [0.2, 0.25) is 0 Å². The molecule has 11 aromatic rings. The highest BCUT2D eigenvalue weighted by Gasteiger charge is 2.46. The Morgan fingerprint density at radius 1 is 0.306 bits per heavy atom. The Kier molecular flexibility index (Phi) is 8.32. The van der Waals surface area contributed by atoms with Crippen molar-refractivity contribution in [3.05, 3.63) is 259 Å². The molecule has 0 atom stereocenters. The van der Waals surface area contributed by atoms with Gasteiger partial charge >= 0.3 is 0 Å². The lowest BCUT2D eigenvalue weighted by Crippen LogP contribution is -2.37. The summed E-state index contributed by atoms with van der Waals surface area (Å²) in [6.45, 7) is 0. The first kappa shape index (κ1) is 35.6. The molecule has 0 bridgehead atoms. The van der Waals surface area contributed by atoms with Crippen LogP contribution in [0.5, 0.6) is 0 Å². The molecule has 12 rings (SSSR count). The molecule has 0 fully saturated rings. The fraction of sp³-hybridized carbons (Fsp3) is 0.0175. The van der Waals surface area contributed by atoms with Crippen LogP contribution in [0, 0.1) is 0 Å². The predicted molar refractivity (Wildman–Crippen MR) is 253 cm³/mol. The second-order valence-corrected chi connectivity index (χ2v) is 15.8. The number of aromatic nitrogens is 4. The van der Waals surface area contributed by atoms with Gasteiger partial charge in [-0.05, 0) is 95.1 Å². The quantitative estimate of drug-likeness (QED) is 0.161. The zero-order valence-corrected chi connectivity index (χ0v) is 33.8. The van der Waals surface area contributed by atoms with Crippen molar-refractivity contribution >= 4 is 39.1 Å². The summed E-state index contributed by atoms with van der Waals surface area (Å²) in [6.07, 6.45) is 0. The smallest absolute Gasteiger partial charge is 0.145 e. The third-order valence-corrected chi connectivity index (χ3v) is 12.4. The number of para-hydroxylation sites is 9. The number of hydrogen-bond acceptors (Lipinski definition) is 3. The number of fused-ring (bicyclic) bond motifs is 4. The molecule has 0 unspecified atom stereocenters. The summed E-state index contributed by atoms with van der Waals surface area (Å²) in [4.78, 5) is 12.9. The summed E-state index contributed by atoms with van der Waals surface area (Å²) in [5.74, 6) is 1.81. The monoisotopic (exact) mass is 793 g/mol. The molecule has 5 nitrogen and oxygen atoms in total. The minimum absolute atomic E-state index is 0.686. The maximum absolute atomic E-state index is 5.22. The lowest BCUT2D eigenvalue weighted by molar-refractivity contribution is 0.731. The topological polar surface area (TPSA) is 38.9 Å². The summed E-state index contributed by atoms with van der Waals surface area (Å²) in [7, 11) is 0. The van der Waals surface area contributed by atoms with Crippen molar-refractivity contribution in [3.63, 3.8) is 0 Å². The largest absolute Gasteiger partial charge is 0.310 e. The maximum atomic E-state index is 5.22. The van der Waals surface area contributed by atoms with Crippen LogP contribution in [0.2, 0.25) is 0 Å². The van der Waals surface area contributed by atoms with Crippen molar-refractivity contribution in [1.29, 1.82) is 0 Å². The minimum Gasteiger partial charge on any atom is -0.310 e. The van der Waals surface area contributed by atoms with Crippen LogP contribution in [-0.4, -0.2) is 19.1 Å². The Morgan fingerprint density at radius 3 is 1.10 bits per heavy atom. The fourth-order valence-electron chi connectivity index (χ4n) is 9.74. The highest BCUT2D eigenvalue weighted by molar-refractivity contribution is 5.90. The number of hydrogen-bond donors (Lipinski definition) is 0. The van der Waals surface area contributed by atoms with Crippen LogP contribution in [0.25, 0.3) is 56.2 Å². The predicted octanol–water partition coefficient (Wildman–Crippen LogP) is 13.9. The van der Waals surface area contributed by atoms with E-state index in [1.807, 2.05) is 0 Å². The summed E-state index contributed by atoms with van der Waals surface area (Å²) in [5, 5.41) is 0. The van der Waals surface area contributed by atoms with Gasteiger partial charge < -0.3 is 4.90 Å². The van der Waals surface area contributed by atoms with Crippen molar-refractivity contribution in [2.75, 3.05) is 4.90 Å². The highest BCUT2D eigenvalue weighted by Crippen LogP contribution is 2.57. The maximum Gasteiger partial charge on any atom is 0.145 e. The van der Waals surface area contributed by atoms with Crippen LogP contribution in [0.1, 0.15) is 22.3 Å². The van der Waals surface area contributed by atoms with Gasteiger partial charge in [-0.2, -0.15) is 0 Å². The van der Waals surface area contributed by atoms with E-state index in [1.165, 1.54) is 22.3 Å². The van der Waals surface area contributed by atoms with E-state index in [-0.39, 0.29) is 0 Å². The summed E-state index contributed by atoms with van der Waals surface area (Å²) >= 11 is 0. The molecule has 3 heterocycles. The first-order valence-corrected chi connectivity index (χ1v) is 21.1. The Morgan fingerprint density at radius 2 is 0.661 bits per heavy atom. The molecule has 1 aliphatic rings. The van der Waals surface area contributed by atoms with Crippen molar-refractivity contribution < 1.29 is 0 Å². The average molecular weight is 794 g/mol. The third-order valence-electron chi connectivity index (χ3n) is 12.4. The van der Waals surface area contributed by atoms with E-state index >= 15 is 0 Å². The third kappa shape index (κ3) is 5.49. The average Bonchev–Trinajstić information content (AvgIpc) is 3.94. The molecule has 2 aromatic heterocycles. The van der Waals surface area contributed by atoms with Crippen LogP contribution < -0.4 is 4.90 Å². The zero-order valence-electron chi connectivity index (χ0n) is 33.8. The highest BCUT2D eigenvalue weighted by atomic mass is 15.2. The van der Waals surface area contributed by atoms with E-state index in [0.717, 1.165) is 73.3 Å². The molecule has 0 radical (unpaired) electrons. The summed E-state index contributed by atoms with van der Waals surface area (Å²) < 4.78 is 4.54. The van der Waals surface area contributed by atoms with Crippen molar-refractivity contribution in [2.45, 2.75) is 5.41 Å². The van der Waals surface area contributed by atoms with E-state index < -0.39 is 5.41 Å². The number of imidazole rings is 2. The second kappa shape index (κ2) is 14.5. The van der Waals surface area contributed by atoms with Gasteiger partial charge in [0, 0.05) is 28.2 Å². The van der Waals surface area contributed by atoms with E-state index in [1.54, 1.807) is 0 Å². The van der Waals surface area contributed by atoms with Gasteiger partial charge in [0.15, 0.2) is 0 Å². The van der Waals surface area contributed by atoms with Crippen LogP contribution in [0.15, 0.2) is 237 Å². The van der Waals surface area contributed by atoms with Gasteiger partial charge in [0.05, 0.1) is 38.9 Å². The molecule has 0 amide bonds. The summed E-state index contributed by atoms with van der Waals surface area (Å²) in [5.41, 5.74) is 15.8. The number of benzene rings is 9. The van der Waals surface area contributed by atoms with Crippen LogP contribution in [0.3, 0.4) is 0 Å². The molecule has 1 aliphatic heterocycles. The van der Waals surface area contributed by atoms with Gasteiger partial charge in [0.1, 0.15) is 11.6 Å². The Bertz CT molecular complexity index is 3180. The van der Waals surface area contributed by atoms with Crippen LogP contribution >= 0.6 is 0 Å². The van der Waals surface area contributed by atoms with E-state index in [4.69, 9.17) is 9.97 Å². The minimum atomic E-state index is -0.686. The molecule has 5 heteroatoms. The van der Waals surface area contributed by atoms with Crippen molar-refractivity contribution in [1.82, 2.24) is 19.1 Å². The summed E-state index contributed by atoms with van der Waals surface area (Å²) in [6, 6.07) is 84.6. The SMILES string of the molecule is c1ccc(N2c3ccccc3C(c3ccc(-c4nc5ccccc5n4-c4ccccc4)cc3)(c3ccc(-c4nc5ccccc5n4-c4ccccc4)cc3)c3ccccc32)cc1. The fourth-order valence-corrected chi connectivity index (χ4v) is 9.74. The van der Waals surface area contributed by atoms with Crippen molar-refractivity contribution in [3.8, 4) is 34.2 Å². The van der Waals surface area contributed by atoms with Crippen molar-refractivity contribution in [2.24, 2.45) is 0 Å². The van der Waals surface area contributed by atoms with E-state index in [0.29, 0.717) is 0 Å². The molecular formula is C57H39N5. The zero-order chi connectivity index (χ0) is 41.0. The molecule has 0 spiro atoms. The van der Waals surface area contributed by atoms with Crippen LogP contribution in [0.4, 0.5) is 17.1 Å². The first-order valence-electron chi connectivity index (χ1n) is 21.1. The Labute approximate surface area is 360 Å². The van der Waals surface area contributed by atoms with Gasteiger partial charge in [0.25, 0.3) is 0 Å². The molecule has 292 valence electrons. The number of rotatable bonds is 7. The second-order valence-electron chi connectivity index (χ2n) is 15.8. The van der Waals surface area contributed by atoms with E-state index in [2.05, 4.69) is 251 Å². The lowest BCUT2D eigenvalue weighted by Gasteiger charge is -2.46. The van der Waals surface area contributed by atoms with Gasteiger partial charge in [-0.25, -0.2) is 9.97 Å². The normalized spacial score (nSPS) is 12.9. The molecule has 9 aromatic carbocycles. The Hall–Kier alpha value is -8.28. The van der Waals surface area contributed by atoms with Gasteiger partial charge in [-0.3, -0.25) is 9.13 Å². The van der Waals surface area contributed by atoms with Gasteiger partial charge in [-0.1, -0.05) is 164 Å². The Balaban J connectivity index is 1.09. The first-order chi connectivity index (χ1) is 30.8. The van der Waals surface area contributed by atoms with Crippen LogP contribution in [-0.2, 0) is 5.41 Å². The standard InChI is InChI=1S/C57H39N5/c1-4-18-44(19-5-1)60-51-28-14-10-24-47(51)57(48-25-11-15-29-52(48)60,42-36-32-40(33-37-42)55-58-49-26-12-16-30-53(49)61(55)45-20-6-2-7-21-45)43-38-34-41(35-39-43)56-59-50-27-13-17-31-54(50)62(56)46-22-8-3-9-23-46/h1-39H. The molecular weight excluding hydrogens is 755 g/mol. The lowest BCUT2D eigenvalue weighted by atomic mass is 9.62. The number of nitrogens with zero attached hydrogens (tertiary/aromatic N) is 5. The molecule has 62 heavy (non-hydrogen) atoms. The molecule has 0 saturated carbocycles. The molecule has 0 aliphatic carbocycles. The van der Waals surface area contributed by atoms with Gasteiger partial charge in [-0.15, -0.1) is 0 Å². The number of anilines is 3. The van der Waals surface area contributed by atoms with E-state index in [9.17, 15) is 0 Å².